The van der Waals surface area contributed by atoms with Crippen LogP contribution < -0.4 is 14.8 Å². The van der Waals surface area contributed by atoms with Gasteiger partial charge in [0.2, 0.25) is 5.78 Å². The Balaban J connectivity index is 2.12. The molecule has 0 aliphatic heterocycles. The molecule has 0 spiro atoms. The van der Waals surface area contributed by atoms with E-state index in [4.69, 9.17) is 27.9 Å². The van der Waals surface area contributed by atoms with E-state index in [2.05, 4.69) is 14.8 Å². The fourth-order valence-corrected chi connectivity index (χ4v) is 3.29. The van der Waals surface area contributed by atoms with Gasteiger partial charge in [0.25, 0.3) is 5.91 Å². The Kier molecular flexibility index (Phi) is 10.1. The number of hydrogen-bond acceptors (Lipinski definition) is 6. The van der Waals surface area contributed by atoms with Gasteiger partial charge in [-0.05, 0) is 36.2 Å². The monoisotopic (exact) mass is 539 g/mol. The van der Waals surface area contributed by atoms with E-state index in [1.807, 2.05) is 0 Å². The molecule has 0 fully saturated rings. The maximum absolute atomic E-state index is 12.7. The summed E-state index contributed by atoms with van der Waals surface area (Å²) in [6.45, 7) is -4.30. The van der Waals surface area contributed by atoms with E-state index in [9.17, 15) is 31.9 Å². The number of hydrogen-bond donors (Lipinski definition) is 1. The number of amides is 1. The molecule has 0 radical (unpaired) electrons. The van der Waals surface area contributed by atoms with Gasteiger partial charge in [0.15, 0.2) is 6.61 Å². The zero-order valence-electron chi connectivity index (χ0n) is 18.2. The molecule has 1 amide bonds. The van der Waals surface area contributed by atoms with Crippen LogP contribution in [0.5, 0.6) is 11.5 Å². The minimum atomic E-state index is -3.37. The Hall–Kier alpha value is -3.05. The number of halogens is 6. The quantitative estimate of drug-likeness (QED) is 0.234. The number of alkyl halides is 4. The van der Waals surface area contributed by atoms with Gasteiger partial charge in [0, 0.05) is 11.1 Å². The summed E-state index contributed by atoms with van der Waals surface area (Å²) in [5.74, 6) is -4.39. The molecule has 13 heteroatoms. The molecular weight excluding hydrogens is 521 g/mol. The molecule has 2 aromatic rings. The Labute approximate surface area is 207 Å². The van der Waals surface area contributed by atoms with Crippen LogP contribution in [0.15, 0.2) is 36.4 Å². The second kappa shape index (κ2) is 12.6. The molecule has 0 aliphatic carbocycles. The number of esters is 1. The third kappa shape index (κ3) is 8.29. The number of carbonyl (C=O) groups excluding carboxylic acids is 3. The van der Waals surface area contributed by atoms with Gasteiger partial charge in [0.05, 0.1) is 16.1 Å². The van der Waals surface area contributed by atoms with Gasteiger partial charge in [-0.3, -0.25) is 9.59 Å². The summed E-state index contributed by atoms with van der Waals surface area (Å²) in [5.41, 5.74) is -0.414. The van der Waals surface area contributed by atoms with Crippen molar-refractivity contribution in [1.29, 1.82) is 0 Å². The van der Waals surface area contributed by atoms with Crippen LogP contribution in [0.4, 0.5) is 17.6 Å². The lowest BCUT2D eigenvalue weighted by molar-refractivity contribution is -0.146. The summed E-state index contributed by atoms with van der Waals surface area (Å²) in [4.78, 5) is 37.6. The Morgan fingerprint density at radius 2 is 1.54 bits per heavy atom. The topological polar surface area (TPSA) is 90.9 Å². The molecule has 0 saturated heterocycles. The van der Waals surface area contributed by atoms with Crippen molar-refractivity contribution in [3.63, 3.8) is 0 Å². The van der Waals surface area contributed by atoms with Gasteiger partial charge in [-0.25, -0.2) is 4.79 Å². The molecule has 190 valence electrons. The average Bonchev–Trinajstić information content (AvgIpc) is 2.74. The summed E-state index contributed by atoms with van der Waals surface area (Å²) in [5, 5.41) is 2.80. The second-order valence-corrected chi connectivity index (χ2v) is 8.11. The van der Waals surface area contributed by atoms with Gasteiger partial charge in [0.1, 0.15) is 17.5 Å². The first kappa shape index (κ1) is 28.2. The van der Waals surface area contributed by atoms with Crippen molar-refractivity contribution in [3.05, 3.63) is 57.6 Å². The fourth-order valence-electron chi connectivity index (χ4n) is 2.80. The van der Waals surface area contributed by atoms with E-state index in [-0.39, 0.29) is 10.6 Å². The summed E-state index contributed by atoms with van der Waals surface area (Å²) < 4.78 is 63.5. The van der Waals surface area contributed by atoms with Crippen molar-refractivity contribution in [1.82, 2.24) is 5.32 Å². The predicted molar refractivity (Wildman–Crippen MR) is 118 cm³/mol. The Morgan fingerprint density at radius 1 is 0.914 bits per heavy atom. The number of carbonyl (C=O) groups is 3. The Bertz CT molecular complexity index is 1080. The highest BCUT2D eigenvalue weighted by Crippen LogP contribution is 2.28. The molecule has 35 heavy (non-hydrogen) atoms. The molecule has 2 aromatic carbocycles. The largest absolute Gasteiger partial charge is 0.456 e. The fraction of sp³-hybridized carbons (Fsp3) is 0.318. The van der Waals surface area contributed by atoms with Gasteiger partial charge in [-0.2, -0.15) is 17.6 Å². The van der Waals surface area contributed by atoms with E-state index >= 15 is 0 Å². The van der Waals surface area contributed by atoms with Crippen molar-refractivity contribution in [2.45, 2.75) is 33.1 Å². The molecule has 2 rings (SSSR count). The first-order valence-electron chi connectivity index (χ1n) is 9.88. The maximum atomic E-state index is 12.7. The van der Waals surface area contributed by atoms with Gasteiger partial charge in [-0.15, -0.1) is 0 Å². The normalized spacial score (nSPS) is 12.0. The highest BCUT2D eigenvalue weighted by molar-refractivity contribution is 6.36. The summed E-state index contributed by atoms with van der Waals surface area (Å²) >= 11 is 11.8. The third-order valence-electron chi connectivity index (χ3n) is 4.42. The predicted octanol–water partition coefficient (Wildman–Crippen LogP) is 5.38. The minimum absolute atomic E-state index is 0.0467. The van der Waals surface area contributed by atoms with Crippen LogP contribution in [0.25, 0.3) is 0 Å². The molecule has 0 unspecified atom stereocenters. The molecule has 1 atom stereocenters. The van der Waals surface area contributed by atoms with Gasteiger partial charge in [-0.1, -0.05) is 37.0 Å². The SMILES string of the molecule is CC(C)[C@H](NC(=O)c1ccc(Cl)cc1Cl)C(=O)OCC(=O)c1ccc(OC(F)F)cc1OC(F)F. The maximum Gasteiger partial charge on any atom is 0.387 e. The number of benzene rings is 2. The molecule has 0 aromatic heterocycles. The summed E-state index contributed by atoms with van der Waals surface area (Å²) in [7, 11) is 0. The molecule has 0 heterocycles. The number of rotatable bonds is 11. The highest BCUT2D eigenvalue weighted by Gasteiger charge is 2.28. The molecular formula is C22H19Cl2F4NO6. The van der Waals surface area contributed by atoms with Crippen LogP contribution >= 0.6 is 23.2 Å². The van der Waals surface area contributed by atoms with Crippen molar-refractivity contribution in [3.8, 4) is 11.5 Å². The minimum Gasteiger partial charge on any atom is -0.456 e. The number of ketones is 1. The van der Waals surface area contributed by atoms with Crippen molar-refractivity contribution < 1.29 is 46.2 Å². The van der Waals surface area contributed by atoms with Crippen molar-refractivity contribution in [2.24, 2.45) is 5.92 Å². The highest BCUT2D eigenvalue weighted by atomic mass is 35.5. The van der Waals surface area contributed by atoms with Crippen LogP contribution in [-0.2, 0) is 9.53 Å². The summed E-state index contributed by atoms with van der Waals surface area (Å²) in [6, 6.07) is 5.47. The van der Waals surface area contributed by atoms with E-state index < -0.39 is 66.5 Å². The summed E-state index contributed by atoms with van der Waals surface area (Å²) in [6.07, 6.45) is 0. The first-order valence-corrected chi connectivity index (χ1v) is 10.6. The lowest BCUT2D eigenvalue weighted by atomic mass is 10.0. The molecule has 7 nitrogen and oxygen atoms in total. The second-order valence-electron chi connectivity index (χ2n) is 7.27. The lowest BCUT2D eigenvalue weighted by Gasteiger charge is -2.21. The first-order chi connectivity index (χ1) is 16.4. The zero-order chi connectivity index (χ0) is 26.3. The number of ether oxygens (including phenoxy) is 3. The van der Waals surface area contributed by atoms with Gasteiger partial charge >= 0.3 is 19.2 Å². The van der Waals surface area contributed by atoms with Crippen LogP contribution in [0.1, 0.15) is 34.6 Å². The Morgan fingerprint density at radius 3 is 2.11 bits per heavy atom. The van der Waals surface area contributed by atoms with Crippen molar-refractivity contribution >= 4 is 40.9 Å². The van der Waals surface area contributed by atoms with E-state index in [0.29, 0.717) is 11.1 Å². The molecule has 1 N–H and O–H groups in total. The average molecular weight is 540 g/mol. The van der Waals surface area contributed by atoms with E-state index in [1.54, 1.807) is 13.8 Å². The molecule has 0 aliphatic rings. The number of nitrogens with one attached hydrogen (secondary N) is 1. The van der Waals surface area contributed by atoms with Crippen LogP contribution in [0, 0.1) is 5.92 Å². The lowest BCUT2D eigenvalue weighted by Crippen LogP contribution is -2.45. The molecule has 0 bridgehead atoms. The van der Waals surface area contributed by atoms with Crippen LogP contribution in [0.3, 0.4) is 0 Å². The third-order valence-corrected chi connectivity index (χ3v) is 4.97. The van der Waals surface area contributed by atoms with Crippen molar-refractivity contribution in [2.75, 3.05) is 6.61 Å². The zero-order valence-corrected chi connectivity index (χ0v) is 19.7. The van der Waals surface area contributed by atoms with E-state index in [1.165, 1.54) is 18.2 Å². The van der Waals surface area contributed by atoms with Crippen LogP contribution in [0.2, 0.25) is 10.0 Å². The smallest absolute Gasteiger partial charge is 0.387 e. The van der Waals surface area contributed by atoms with Crippen LogP contribution in [-0.4, -0.2) is 43.5 Å². The van der Waals surface area contributed by atoms with Gasteiger partial charge < -0.3 is 19.5 Å². The van der Waals surface area contributed by atoms with E-state index in [0.717, 1.165) is 12.1 Å². The molecule has 0 saturated carbocycles. The number of Topliss-reactive ketones (excluding diaryl/α,β-unsaturated/α-hetero) is 1. The standard InChI is InChI=1S/C22H19Cl2F4NO6/c1-10(2)18(29-19(31)13-5-3-11(23)7-15(13)24)20(32)33-9-16(30)14-6-4-12(34-21(25)26)8-17(14)35-22(27)28/h3-8,10,18,21-22H,9H2,1-2H3,(H,29,31)/t18-/m0/s1.